The second-order valence-electron chi connectivity index (χ2n) is 5.54. The number of nitrogens with zero attached hydrogens (tertiary/aromatic N) is 1. The number of amides is 2. The van der Waals surface area contributed by atoms with Crippen molar-refractivity contribution < 1.29 is 24.0 Å². The van der Waals surface area contributed by atoms with Crippen molar-refractivity contribution in [1.29, 1.82) is 0 Å². The molecule has 0 saturated heterocycles. The summed E-state index contributed by atoms with van der Waals surface area (Å²) in [6.07, 6.45) is 0. The molecule has 2 rings (SSSR count). The smallest absolute Gasteiger partial charge is 0.338 e. The summed E-state index contributed by atoms with van der Waals surface area (Å²) in [5.41, 5.74) is 1.20. The second kappa shape index (κ2) is 8.56. The highest BCUT2D eigenvalue weighted by Gasteiger charge is 2.16. The lowest BCUT2D eigenvalue weighted by atomic mass is 10.1. The van der Waals surface area contributed by atoms with Crippen LogP contribution in [0.1, 0.15) is 26.3 Å². The Morgan fingerprint density at radius 2 is 1.70 bits per heavy atom. The number of anilines is 1. The lowest BCUT2D eigenvalue weighted by Gasteiger charge is -2.08. The molecule has 9 heteroatoms. The number of aryl methyl sites for hydroxylation is 1. The second-order valence-corrected chi connectivity index (χ2v) is 5.54. The van der Waals surface area contributed by atoms with E-state index in [9.17, 15) is 24.5 Å². The van der Waals surface area contributed by atoms with E-state index in [1.165, 1.54) is 32.2 Å². The minimum Gasteiger partial charge on any atom is -0.452 e. The highest BCUT2D eigenvalue weighted by molar-refractivity contribution is 5.97. The zero-order chi connectivity index (χ0) is 20.0. The van der Waals surface area contributed by atoms with Crippen LogP contribution in [0.3, 0.4) is 0 Å². The number of carbonyl (C=O) groups excluding carboxylic acids is 3. The predicted octanol–water partition coefficient (Wildman–Crippen LogP) is 2.06. The lowest BCUT2D eigenvalue weighted by molar-refractivity contribution is -0.385. The maximum atomic E-state index is 12.0. The molecule has 0 radical (unpaired) electrons. The average molecular weight is 371 g/mol. The Hall–Kier alpha value is -3.75. The van der Waals surface area contributed by atoms with Gasteiger partial charge in [0, 0.05) is 29.9 Å². The lowest BCUT2D eigenvalue weighted by Crippen LogP contribution is -2.21. The third-order valence-electron chi connectivity index (χ3n) is 3.62. The number of hydrogen-bond donors (Lipinski definition) is 2. The van der Waals surface area contributed by atoms with Crippen LogP contribution in [0.5, 0.6) is 0 Å². The summed E-state index contributed by atoms with van der Waals surface area (Å²) in [7, 11) is 1.51. The Balaban J connectivity index is 1.91. The molecule has 140 valence electrons. The molecule has 2 N–H and O–H groups in total. The number of ether oxygens (including phenoxy) is 1. The summed E-state index contributed by atoms with van der Waals surface area (Å²) in [4.78, 5) is 45.5. The molecule has 0 bridgehead atoms. The van der Waals surface area contributed by atoms with E-state index in [0.29, 0.717) is 16.8 Å². The van der Waals surface area contributed by atoms with E-state index in [-0.39, 0.29) is 17.2 Å². The van der Waals surface area contributed by atoms with Crippen molar-refractivity contribution >= 4 is 29.2 Å². The van der Waals surface area contributed by atoms with Gasteiger partial charge >= 0.3 is 5.97 Å². The molecular weight excluding hydrogens is 354 g/mol. The Kier molecular flexibility index (Phi) is 6.21. The van der Waals surface area contributed by atoms with E-state index in [4.69, 9.17) is 4.74 Å². The van der Waals surface area contributed by atoms with Crippen molar-refractivity contribution in [3.05, 3.63) is 69.3 Å². The topological polar surface area (TPSA) is 128 Å². The first kappa shape index (κ1) is 19.6. The Morgan fingerprint density at radius 3 is 2.26 bits per heavy atom. The van der Waals surface area contributed by atoms with Crippen molar-refractivity contribution in [2.45, 2.75) is 6.92 Å². The summed E-state index contributed by atoms with van der Waals surface area (Å²) in [6.45, 7) is 0.982. The summed E-state index contributed by atoms with van der Waals surface area (Å²) in [5.74, 6) is -1.58. The third-order valence-corrected chi connectivity index (χ3v) is 3.62. The van der Waals surface area contributed by atoms with Gasteiger partial charge in [-0.1, -0.05) is 0 Å². The predicted molar refractivity (Wildman–Crippen MR) is 96.6 cm³/mol. The normalized spacial score (nSPS) is 10.0. The van der Waals surface area contributed by atoms with Gasteiger partial charge in [0.05, 0.1) is 10.5 Å². The van der Waals surface area contributed by atoms with E-state index >= 15 is 0 Å². The molecule has 0 atom stereocenters. The van der Waals surface area contributed by atoms with Gasteiger partial charge < -0.3 is 15.4 Å². The molecule has 9 nitrogen and oxygen atoms in total. The maximum absolute atomic E-state index is 12.0. The number of hydrogen-bond acceptors (Lipinski definition) is 6. The van der Waals surface area contributed by atoms with Gasteiger partial charge in [-0.3, -0.25) is 19.7 Å². The van der Waals surface area contributed by atoms with Crippen molar-refractivity contribution in [2.75, 3.05) is 19.0 Å². The number of carbonyl (C=O) groups is 3. The van der Waals surface area contributed by atoms with Crippen LogP contribution in [0.2, 0.25) is 0 Å². The first-order valence-electron chi connectivity index (χ1n) is 7.86. The summed E-state index contributed by atoms with van der Waals surface area (Å²) >= 11 is 0. The van der Waals surface area contributed by atoms with E-state index < -0.39 is 23.4 Å². The Bertz CT molecular complexity index is 892. The van der Waals surface area contributed by atoms with E-state index in [2.05, 4.69) is 10.6 Å². The van der Waals surface area contributed by atoms with Crippen LogP contribution in [-0.2, 0) is 9.53 Å². The molecule has 0 saturated carbocycles. The zero-order valence-corrected chi connectivity index (χ0v) is 14.6. The Morgan fingerprint density at radius 1 is 1.07 bits per heavy atom. The van der Waals surface area contributed by atoms with Crippen LogP contribution >= 0.6 is 0 Å². The van der Waals surface area contributed by atoms with Gasteiger partial charge in [-0.15, -0.1) is 0 Å². The van der Waals surface area contributed by atoms with Crippen molar-refractivity contribution in [3.8, 4) is 0 Å². The number of nitro groups is 1. The SMILES string of the molecule is CNC(=O)c1ccc(NC(=O)COC(=O)c2ccc([N+](=O)[O-])c(C)c2)cc1. The number of nitrogens with one attached hydrogen (secondary N) is 2. The van der Waals surface area contributed by atoms with Crippen LogP contribution in [-0.4, -0.2) is 36.4 Å². The first-order chi connectivity index (χ1) is 12.8. The van der Waals surface area contributed by atoms with Gasteiger partial charge in [0.2, 0.25) is 0 Å². The van der Waals surface area contributed by atoms with Crippen LogP contribution in [0.15, 0.2) is 42.5 Å². The minimum atomic E-state index is -0.766. The van der Waals surface area contributed by atoms with Crippen molar-refractivity contribution in [2.24, 2.45) is 0 Å². The van der Waals surface area contributed by atoms with Crippen LogP contribution in [0.25, 0.3) is 0 Å². The highest BCUT2D eigenvalue weighted by Crippen LogP contribution is 2.19. The van der Waals surface area contributed by atoms with Crippen LogP contribution in [0, 0.1) is 17.0 Å². The van der Waals surface area contributed by atoms with Gasteiger partial charge in [0.1, 0.15) is 0 Å². The third kappa shape index (κ3) is 5.11. The molecule has 0 unspecified atom stereocenters. The van der Waals surface area contributed by atoms with Crippen LogP contribution in [0.4, 0.5) is 11.4 Å². The summed E-state index contributed by atoms with van der Waals surface area (Å²) in [5, 5.41) is 15.8. The Labute approximate surface area is 154 Å². The number of nitro benzene ring substituents is 1. The van der Waals surface area contributed by atoms with Gasteiger partial charge in [0.25, 0.3) is 17.5 Å². The van der Waals surface area contributed by atoms with E-state index in [1.807, 2.05) is 0 Å². The number of benzene rings is 2. The molecule has 2 amide bonds. The first-order valence-corrected chi connectivity index (χ1v) is 7.86. The monoisotopic (exact) mass is 371 g/mol. The van der Waals surface area contributed by atoms with Gasteiger partial charge in [-0.25, -0.2) is 4.79 Å². The quantitative estimate of drug-likeness (QED) is 0.454. The van der Waals surface area contributed by atoms with E-state index in [0.717, 1.165) is 0 Å². The van der Waals surface area contributed by atoms with Crippen molar-refractivity contribution in [3.63, 3.8) is 0 Å². The van der Waals surface area contributed by atoms with Gasteiger partial charge in [0.15, 0.2) is 6.61 Å². The fourth-order valence-electron chi connectivity index (χ4n) is 2.25. The fraction of sp³-hybridized carbons (Fsp3) is 0.167. The number of esters is 1. The van der Waals surface area contributed by atoms with Crippen LogP contribution < -0.4 is 10.6 Å². The molecule has 0 aromatic heterocycles. The van der Waals surface area contributed by atoms with Crippen molar-refractivity contribution in [1.82, 2.24) is 5.32 Å². The standard InChI is InChI=1S/C18H17N3O6/c1-11-9-13(5-8-15(11)21(25)26)18(24)27-10-16(22)20-14-6-3-12(4-7-14)17(23)19-2/h3-9H,10H2,1-2H3,(H,19,23)(H,20,22). The molecule has 27 heavy (non-hydrogen) atoms. The molecule has 0 spiro atoms. The summed E-state index contributed by atoms with van der Waals surface area (Å²) in [6, 6.07) is 9.98. The molecular formula is C18H17N3O6. The molecule has 2 aromatic rings. The van der Waals surface area contributed by atoms with Gasteiger partial charge in [-0.05, 0) is 43.3 Å². The largest absolute Gasteiger partial charge is 0.452 e. The molecule has 2 aromatic carbocycles. The van der Waals surface area contributed by atoms with Gasteiger partial charge in [-0.2, -0.15) is 0 Å². The highest BCUT2D eigenvalue weighted by atomic mass is 16.6. The molecule has 0 aliphatic carbocycles. The fourth-order valence-corrected chi connectivity index (χ4v) is 2.25. The molecule has 0 aliphatic heterocycles. The molecule has 0 fully saturated rings. The minimum absolute atomic E-state index is 0.107. The maximum Gasteiger partial charge on any atom is 0.338 e. The van der Waals surface area contributed by atoms with E-state index in [1.54, 1.807) is 24.3 Å². The number of rotatable bonds is 6. The average Bonchev–Trinajstić information content (AvgIpc) is 2.65. The zero-order valence-electron chi connectivity index (χ0n) is 14.6. The molecule has 0 aliphatic rings. The molecule has 0 heterocycles. The summed E-state index contributed by atoms with van der Waals surface area (Å²) < 4.78 is 4.91.